The number of halogens is 4. The minimum atomic E-state index is -4.75. The maximum absolute atomic E-state index is 12.0. The molecule has 0 amide bonds. The van der Waals surface area contributed by atoms with Crippen LogP contribution in [-0.2, 0) is 0 Å². The standard InChI is InChI=1S/C9H9BrF3NO2/c10-6-1-5(8(14)4-15)2-7(3-6)16-9(11,12)13/h1-3,8,15H,4,14H2/t8-/m1/s1. The fraction of sp³-hybridized carbons (Fsp3) is 0.333. The van der Waals surface area contributed by atoms with Gasteiger partial charge in [-0.1, -0.05) is 15.9 Å². The van der Waals surface area contributed by atoms with Gasteiger partial charge >= 0.3 is 6.36 Å². The minimum absolute atomic E-state index is 0.358. The Balaban J connectivity index is 2.99. The van der Waals surface area contributed by atoms with Crippen molar-refractivity contribution in [3.8, 4) is 5.75 Å². The molecule has 0 saturated heterocycles. The van der Waals surface area contributed by atoms with E-state index in [0.29, 0.717) is 10.0 Å². The first-order valence-electron chi connectivity index (χ1n) is 4.24. The van der Waals surface area contributed by atoms with Gasteiger partial charge in [0.15, 0.2) is 0 Å². The number of aliphatic hydroxyl groups is 1. The van der Waals surface area contributed by atoms with Gasteiger partial charge in [0.2, 0.25) is 0 Å². The number of rotatable bonds is 3. The molecule has 0 heterocycles. The molecule has 0 aliphatic carbocycles. The van der Waals surface area contributed by atoms with E-state index in [1.807, 2.05) is 0 Å². The zero-order valence-corrected chi connectivity index (χ0v) is 9.55. The van der Waals surface area contributed by atoms with Crippen molar-refractivity contribution in [3.05, 3.63) is 28.2 Å². The van der Waals surface area contributed by atoms with Gasteiger partial charge in [-0.05, 0) is 23.8 Å². The summed E-state index contributed by atoms with van der Waals surface area (Å²) in [5.74, 6) is -0.374. The van der Waals surface area contributed by atoms with E-state index in [1.54, 1.807) is 0 Å². The molecule has 1 aromatic rings. The molecule has 7 heteroatoms. The zero-order valence-electron chi connectivity index (χ0n) is 7.96. The first kappa shape index (κ1) is 13.3. The molecular formula is C9H9BrF3NO2. The fourth-order valence-electron chi connectivity index (χ4n) is 1.10. The van der Waals surface area contributed by atoms with E-state index in [9.17, 15) is 13.2 Å². The predicted molar refractivity (Wildman–Crippen MR) is 54.8 cm³/mol. The summed E-state index contributed by atoms with van der Waals surface area (Å²) in [6.45, 7) is -0.359. The summed E-state index contributed by atoms with van der Waals surface area (Å²) >= 11 is 3.03. The lowest BCUT2D eigenvalue weighted by molar-refractivity contribution is -0.274. The third kappa shape index (κ3) is 3.99. The highest BCUT2D eigenvalue weighted by Gasteiger charge is 2.31. The molecule has 0 radical (unpaired) electrons. The van der Waals surface area contributed by atoms with Gasteiger partial charge in [-0.2, -0.15) is 0 Å². The summed E-state index contributed by atoms with van der Waals surface area (Å²) in [5.41, 5.74) is 5.85. The Labute approximate surface area is 98.1 Å². The number of aliphatic hydroxyl groups excluding tert-OH is 1. The summed E-state index contributed by atoms with van der Waals surface area (Å²) in [4.78, 5) is 0. The monoisotopic (exact) mass is 299 g/mol. The Bertz CT molecular complexity index is 370. The van der Waals surface area contributed by atoms with Crippen LogP contribution < -0.4 is 10.5 Å². The maximum atomic E-state index is 12.0. The highest BCUT2D eigenvalue weighted by molar-refractivity contribution is 9.10. The molecule has 0 aliphatic heterocycles. The quantitative estimate of drug-likeness (QED) is 0.901. The van der Waals surface area contributed by atoms with Crippen LogP contribution in [-0.4, -0.2) is 18.1 Å². The lowest BCUT2D eigenvalue weighted by Gasteiger charge is -2.13. The van der Waals surface area contributed by atoms with Crippen molar-refractivity contribution in [2.45, 2.75) is 12.4 Å². The van der Waals surface area contributed by atoms with Crippen molar-refractivity contribution >= 4 is 15.9 Å². The van der Waals surface area contributed by atoms with Crippen molar-refractivity contribution < 1.29 is 23.0 Å². The zero-order chi connectivity index (χ0) is 12.3. The van der Waals surface area contributed by atoms with Crippen molar-refractivity contribution in [1.82, 2.24) is 0 Å². The van der Waals surface area contributed by atoms with Crippen LogP contribution >= 0.6 is 15.9 Å². The summed E-state index contributed by atoms with van der Waals surface area (Å²) in [6, 6.07) is 3.08. The van der Waals surface area contributed by atoms with Gasteiger partial charge in [-0.25, -0.2) is 0 Å². The second-order valence-electron chi connectivity index (χ2n) is 3.06. The number of alkyl halides is 3. The predicted octanol–water partition coefficient (Wildman–Crippen LogP) is 2.34. The van der Waals surface area contributed by atoms with E-state index < -0.39 is 12.4 Å². The van der Waals surface area contributed by atoms with Crippen LogP contribution in [0.5, 0.6) is 5.75 Å². The van der Waals surface area contributed by atoms with Gasteiger partial charge in [-0.15, -0.1) is 13.2 Å². The lowest BCUT2D eigenvalue weighted by Crippen LogP contribution is -2.18. The summed E-state index contributed by atoms with van der Waals surface area (Å²) in [5, 5.41) is 8.80. The Hall–Kier alpha value is -0.790. The molecule has 0 aromatic heterocycles. The number of hydrogen-bond donors (Lipinski definition) is 2. The Morgan fingerprint density at radius 1 is 1.38 bits per heavy atom. The summed E-state index contributed by atoms with van der Waals surface area (Å²) in [6.07, 6.45) is -4.75. The van der Waals surface area contributed by atoms with Gasteiger partial charge in [0, 0.05) is 4.47 Å². The van der Waals surface area contributed by atoms with Gasteiger partial charge in [-0.3, -0.25) is 0 Å². The second-order valence-corrected chi connectivity index (χ2v) is 3.97. The van der Waals surface area contributed by atoms with Gasteiger partial charge < -0.3 is 15.6 Å². The molecule has 1 aromatic carbocycles. The minimum Gasteiger partial charge on any atom is -0.406 e. The van der Waals surface area contributed by atoms with Gasteiger partial charge in [0.1, 0.15) is 5.75 Å². The number of benzene rings is 1. The molecule has 0 saturated carbocycles. The van der Waals surface area contributed by atoms with E-state index in [1.165, 1.54) is 12.1 Å². The first-order valence-corrected chi connectivity index (χ1v) is 5.04. The highest BCUT2D eigenvalue weighted by atomic mass is 79.9. The van der Waals surface area contributed by atoms with Crippen LogP contribution in [0.2, 0.25) is 0 Å². The fourth-order valence-corrected chi connectivity index (χ4v) is 1.59. The van der Waals surface area contributed by atoms with Crippen LogP contribution in [0.4, 0.5) is 13.2 Å². The summed E-state index contributed by atoms with van der Waals surface area (Å²) in [7, 11) is 0. The van der Waals surface area contributed by atoms with Crippen LogP contribution in [0.15, 0.2) is 22.7 Å². The van der Waals surface area contributed by atoms with E-state index >= 15 is 0 Å². The molecular weight excluding hydrogens is 291 g/mol. The second kappa shape index (κ2) is 5.03. The molecule has 1 rings (SSSR count). The highest BCUT2D eigenvalue weighted by Crippen LogP contribution is 2.28. The van der Waals surface area contributed by atoms with Crippen LogP contribution in [0, 0.1) is 0 Å². The van der Waals surface area contributed by atoms with E-state index in [-0.39, 0.29) is 12.4 Å². The average molecular weight is 300 g/mol. The average Bonchev–Trinajstić information content (AvgIpc) is 2.12. The molecule has 1 atom stereocenters. The van der Waals surface area contributed by atoms with Gasteiger partial charge in [0.05, 0.1) is 12.6 Å². The summed E-state index contributed by atoms with van der Waals surface area (Å²) < 4.78 is 40.1. The van der Waals surface area contributed by atoms with Crippen LogP contribution in [0.1, 0.15) is 11.6 Å². The SMILES string of the molecule is N[C@H](CO)c1cc(Br)cc(OC(F)(F)F)c1. The molecule has 3 nitrogen and oxygen atoms in total. The topological polar surface area (TPSA) is 55.5 Å². The van der Waals surface area contributed by atoms with Crippen LogP contribution in [0.3, 0.4) is 0 Å². The molecule has 0 bridgehead atoms. The molecule has 0 unspecified atom stereocenters. The molecule has 3 N–H and O–H groups in total. The van der Waals surface area contributed by atoms with E-state index in [0.717, 1.165) is 6.07 Å². The van der Waals surface area contributed by atoms with E-state index in [4.69, 9.17) is 10.8 Å². The molecule has 0 aliphatic rings. The third-order valence-corrected chi connectivity index (χ3v) is 2.21. The number of nitrogens with two attached hydrogens (primary N) is 1. The van der Waals surface area contributed by atoms with Crippen LogP contribution in [0.25, 0.3) is 0 Å². The largest absolute Gasteiger partial charge is 0.573 e. The third-order valence-electron chi connectivity index (χ3n) is 1.75. The molecule has 16 heavy (non-hydrogen) atoms. The normalized spacial score (nSPS) is 13.6. The van der Waals surface area contributed by atoms with E-state index in [2.05, 4.69) is 20.7 Å². The molecule has 0 spiro atoms. The smallest absolute Gasteiger partial charge is 0.406 e. The molecule has 90 valence electrons. The Morgan fingerprint density at radius 3 is 2.50 bits per heavy atom. The van der Waals surface area contributed by atoms with Crippen molar-refractivity contribution in [1.29, 1.82) is 0 Å². The Morgan fingerprint density at radius 2 is 2.00 bits per heavy atom. The number of hydrogen-bond acceptors (Lipinski definition) is 3. The molecule has 0 fully saturated rings. The number of ether oxygens (including phenoxy) is 1. The van der Waals surface area contributed by atoms with Crippen molar-refractivity contribution in [3.63, 3.8) is 0 Å². The van der Waals surface area contributed by atoms with Crippen molar-refractivity contribution in [2.75, 3.05) is 6.61 Å². The maximum Gasteiger partial charge on any atom is 0.573 e. The van der Waals surface area contributed by atoms with Gasteiger partial charge in [0.25, 0.3) is 0 Å². The Kier molecular flexibility index (Phi) is 4.17. The lowest BCUT2D eigenvalue weighted by atomic mass is 10.1. The van der Waals surface area contributed by atoms with Crippen molar-refractivity contribution in [2.24, 2.45) is 5.73 Å². The first-order chi connectivity index (χ1) is 7.31.